The third kappa shape index (κ3) is 5.71. The maximum absolute atomic E-state index is 5.32. The topological polar surface area (TPSA) is 59.0 Å². The fourth-order valence-corrected chi connectivity index (χ4v) is 3.37. The molecule has 7 heteroatoms. The molecule has 0 aliphatic heterocycles. The van der Waals surface area contributed by atoms with Crippen LogP contribution in [-0.4, -0.2) is 50.7 Å². The lowest BCUT2D eigenvalue weighted by molar-refractivity contribution is 0.119. The van der Waals surface area contributed by atoms with Crippen LogP contribution in [0.1, 0.15) is 29.3 Å². The summed E-state index contributed by atoms with van der Waals surface area (Å²) in [7, 11) is 7.20. The predicted molar refractivity (Wildman–Crippen MR) is 107 cm³/mol. The van der Waals surface area contributed by atoms with E-state index in [-0.39, 0.29) is 6.10 Å². The second-order valence-corrected chi connectivity index (χ2v) is 6.88. The number of aliphatic imine (C=N–C) groups is 1. The minimum atomic E-state index is 0.0272. The van der Waals surface area contributed by atoms with Crippen molar-refractivity contribution in [1.29, 1.82) is 0 Å². The van der Waals surface area contributed by atoms with Gasteiger partial charge in [0.15, 0.2) is 5.96 Å². The highest BCUT2D eigenvalue weighted by Crippen LogP contribution is 2.21. The van der Waals surface area contributed by atoms with Crippen molar-refractivity contribution >= 4 is 17.3 Å². The molecule has 1 aromatic heterocycles. The molecule has 0 fully saturated rings. The van der Waals surface area contributed by atoms with Crippen molar-refractivity contribution in [1.82, 2.24) is 15.2 Å². The zero-order chi connectivity index (χ0) is 18.9. The van der Waals surface area contributed by atoms with Gasteiger partial charge in [-0.3, -0.25) is 4.99 Å². The Morgan fingerprint density at radius 3 is 2.88 bits per heavy atom. The van der Waals surface area contributed by atoms with E-state index in [1.54, 1.807) is 32.6 Å². The standard InChI is InChI=1S/C19H28N4O2S/c1-14(24-4)18-22-16(13-26-18)12-23(3)19(20-2)21-10-9-15-7-6-8-17(11-15)25-5/h6-8,11,13-14H,9-10,12H2,1-5H3,(H,20,21). The van der Waals surface area contributed by atoms with Crippen LogP contribution in [0.3, 0.4) is 0 Å². The van der Waals surface area contributed by atoms with E-state index in [9.17, 15) is 0 Å². The average Bonchev–Trinajstić information content (AvgIpc) is 3.13. The third-order valence-corrected chi connectivity index (χ3v) is 5.13. The van der Waals surface area contributed by atoms with Crippen molar-refractivity contribution in [3.63, 3.8) is 0 Å². The Morgan fingerprint density at radius 1 is 1.38 bits per heavy atom. The normalized spacial score (nSPS) is 12.7. The Balaban J connectivity index is 1.86. The monoisotopic (exact) mass is 376 g/mol. The highest BCUT2D eigenvalue weighted by Gasteiger charge is 2.12. The Bertz CT molecular complexity index is 717. The smallest absolute Gasteiger partial charge is 0.193 e. The quantitative estimate of drug-likeness (QED) is 0.567. The number of aromatic nitrogens is 1. The molecule has 0 aliphatic rings. The largest absolute Gasteiger partial charge is 0.497 e. The number of hydrogen-bond donors (Lipinski definition) is 1. The number of benzene rings is 1. The van der Waals surface area contributed by atoms with E-state index in [1.165, 1.54) is 5.56 Å². The fourth-order valence-electron chi connectivity index (χ4n) is 2.53. The number of methoxy groups -OCH3 is 2. The van der Waals surface area contributed by atoms with Gasteiger partial charge in [0.25, 0.3) is 0 Å². The molecule has 1 unspecified atom stereocenters. The van der Waals surface area contributed by atoms with Crippen LogP contribution >= 0.6 is 11.3 Å². The van der Waals surface area contributed by atoms with Crippen LogP contribution in [0.5, 0.6) is 5.75 Å². The molecule has 1 atom stereocenters. The highest BCUT2D eigenvalue weighted by molar-refractivity contribution is 7.09. The summed E-state index contributed by atoms with van der Waals surface area (Å²) in [6.45, 7) is 3.50. The zero-order valence-electron chi connectivity index (χ0n) is 16.2. The molecule has 142 valence electrons. The number of nitrogens with one attached hydrogen (secondary N) is 1. The summed E-state index contributed by atoms with van der Waals surface area (Å²) in [5.41, 5.74) is 2.25. The van der Waals surface area contributed by atoms with Crippen LogP contribution in [-0.2, 0) is 17.7 Å². The lowest BCUT2D eigenvalue weighted by Crippen LogP contribution is -2.39. The van der Waals surface area contributed by atoms with Crippen LogP contribution in [0.15, 0.2) is 34.6 Å². The van der Waals surface area contributed by atoms with Crippen molar-refractivity contribution in [2.45, 2.75) is 26.0 Å². The van der Waals surface area contributed by atoms with Crippen molar-refractivity contribution in [3.8, 4) is 5.75 Å². The van der Waals surface area contributed by atoms with Gasteiger partial charge in [-0.05, 0) is 31.0 Å². The van der Waals surface area contributed by atoms with Crippen LogP contribution in [0.25, 0.3) is 0 Å². The van der Waals surface area contributed by atoms with Crippen LogP contribution in [0.2, 0.25) is 0 Å². The van der Waals surface area contributed by atoms with Crippen molar-refractivity contribution in [2.24, 2.45) is 4.99 Å². The molecule has 0 aliphatic carbocycles. The molecule has 0 saturated carbocycles. The van der Waals surface area contributed by atoms with Crippen molar-refractivity contribution in [3.05, 3.63) is 45.9 Å². The summed E-state index contributed by atoms with van der Waals surface area (Å²) in [6.07, 6.45) is 0.926. The molecule has 0 saturated heterocycles. The summed E-state index contributed by atoms with van der Waals surface area (Å²) >= 11 is 1.63. The van der Waals surface area contributed by atoms with Gasteiger partial charge in [-0.1, -0.05) is 12.1 Å². The molecule has 26 heavy (non-hydrogen) atoms. The van der Waals surface area contributed by atoms with Gasteiger partial charge in [0.1, 0.15) is 16.9 Å². The lowest BCUT2D eigenvalue weighted by Gasteiger charge is -2.21. The Labute approximate surface area is 159 Å². The second kappa shape index (κ2) is 10.1. The first-order valence-electron chi connectivity index (χ1n) is 8.59. The maximum Gasteiger partial charge on any atom is 0.193 e. The predicted octanol–water partition coefficient (Wildman–Crippen LogP) is 3.11. The van der Waals surface area contributed by atoms with E-state index < -0.39 is 0 Å². The number of nitrogens with zero attached hydrogens (tertiary/aromatic N) is 3. The van der Waals surface area contributed by atoms with Gasteiger partial charge in [0, 0.05) is 33.1 Å². The average molecular weight is 377 g/mol. The van der Waals surface area contributed by atoms with E-state index in [0.29, 0.717) is 6.54 Å². The van der Waals surface area contributed by atoms with E-state index in [1.807, 2.05) is 26.1 Å². The minimum absolute atomic E-state index is 0.0272. The SMILES string of the molecule is CN=C(NCCc1cccc(OC)c1)N(C)Cc1csc(C(C)OC)n1. The van der Waals surface area contributed by atoms with Gasteiger partial charge in [-0.2, -0.15) is 0 Å². The molecular formula is C19H28N4O2S. The Kier molecular flexibility index (Phi) is 7.87. The second-order valence-electron chi connectivity index (χ2n) is 5.99. The van der Waals surface area contributed by atoms with E-state index in [2.05, 4.69) is 37.7 Å². The van der Waals surface area contributed by atoms with Gasteiger partial charge < -0.3 is 19.7 Å². The molecule has 2 rings (SSSR count). The molecule has 6 nitrogen and oxygen atoms in total. The highest BCUT2D eigenvalue weighted by atomic mass is 32.1. The van der Waals surface area contributed by atoms with E-state index in [4.69, 9.17) is 9.47 Å². The molecule has 2 aromatic rings. The molecule has 1 N–H and O–H groups in total. The van der Waals surface area contributed by atoms with Crippen molar-refractivity contribution in [2.75, 3.05) is 34.9 Å². The Morgan fingerprint density at radius 2 is 2.19 bits per heavy atom. The van der Waals surface area contributed by atoms with Crippen molar-refractivity contribution < 1.29 is 9.47 Å². The van der Waals surface area contributed by atoms with E-state index >= 15 is 0 Å². The van der Waals surface area contributed by atoms with Crippen LogP contribution < -0.4 is 10.1 Å². The number of thiazole rings is 1. The van der Waals surface area contributed by atoms with Gasteiger partial charge in [0.05, 0.1) is 19.3 Å². The zero-order valence-corrected chi connectivity index (χ0v) is 17.0. The summed E-state index contributed by atoms with van der Waals surface area (Å²) in [5, 5.41) is 6.47. The van der Waals surface area contributed by atoms with Gasteiger partial charge in [-0.25, -0.2) is 4.98 Å². The number of hydrogen-bond acceptors (Lipinski definition) is 5. The molecule has 0 radical (unpaired) electrons. The lowest BCUT2D eigenvalue weighted by atomic mass is 10.1. The maximum atomic E-state index is 5.32. The fraction of sp³-hybridized carbons (Fsp3) is 0.474. The van der Waals surface area contributed by atoms with Gasteiger partial charge >= 0.3 is 0 Å². The van der Waals surface area contributed by atoms with Gasteiger partial charge in [-0.15, -0.1) is 11.3 Å². The molecule has 1 aromatic carbocycles. The summed E-state index contributed by atoms with van der Waals surface area (Å²) in [4.78, 5) is 11.1. The molecular weight excluding hydrogens is 348 g/mol. The first-order chi connectivity index (χ1) is 12.6. The molecule has 0 bridgehead atoms. The molecule has 0 amide bonds. The summed E-state index contributed by atoms with van der Waals surface area (Å²) < 4.78 is 10.6. The van der Waals surface area contributed by atoms with Crippen LogP contribution in [0, 0.1) is 0 Å². The molecule has 1 heterocycles. The third-order valence-electron chi connectivity index (χ3n) is 4.07. The first-order valence-corrected chi connectivity index (χ1v) is 9.47. The number of ether oxygens (including phenoxy) is 2. The van der Waals surface area contributed by atoms with Crippen LogP contribution in [0.4, 0.5) is 0 Å². The minimum Gasteiger partial charge on any atom is -0.497 e. The first kappa shape index (κ1) is 20.2. The van der Waals surface area contributed by atoms with E-state index in [0.717, 1.165) is 35.4 Å². The Hall–Kier alpha value is -2.12. The van der Waals surface area contributed by atoms with Gasteiger partial charge in [0.2, 0.25) is 0 Å². The molecule has 0 spiro atoms. The summed E-state index contributed by atoms with van der Waals surface area (Å²) in [6, 6.07) is 8.12. The summed E-state index contributed by atoms with van der Waals surface area (Å²) in [5.74, 6) is 1.73. The number of rotatable bonds is 8. The number of guanidine groups is 1.